The third-order valence-electron chi connectivity index (χ3n) is 5.42. The zero-order valence-corrected chi connectivity index (χ0v) is 23.4. The Morgan fingerprint density at radius 2 is 1.16 bits per heavy atom. The van der Waals surface area contributed by atoms with E-state index in [1.54, 1.807) is 6.92 Å². The maximum absolute atomic E-state index is 12.9. The minimum Gasteiger partial charge on any atom is -0.478 e. The van der Waals surface area contributed by atoms with Crippen LogP contribution in [0.25, 0.3) is 11.3 Å². The molecule has 0 aliphatic rings. The van der Waals surface area contributed by atoms with E-state index in [4.69, 9.17) is 31.9 Å². The summed E-state index contributed by atoms with van der Waals surface area (Å²) in [6.07, 6.45) is -9.08. The summed E-state index contributed by atoms with van der Waals surface area (Å²) in [5, 5.41) is 35.0. The lowest BCUT2D eigenvalue weighted by atomic mass is 9.77. The number of alkyl halides is 6. The van der Waals surface area contributed by atoms with Gasteiger partial charge in [-0.2, -0.15) is 26.3 Å². The number of aromatic nitrogens is 2. The highest BCUT2D eigenvalue weighted by atomic mass is 35.5. The van der Waals surface area contributed by atoms with Gasteiger partial charge in [0, 0.05) is 17.0 Å². The molecule has 0 saturated carbocycles. The molecule has 0 unspecified atom stereocenters. The lowest BCUT2D eigenvalue weighted by molar-refractivity contribution is -0.137. The summed E-state index contributed by atoms with van der Waals surface area (Å²) in [6, 6.07) is 14.5. The molecule has 0 fully saturated rings. The zero-order chi connectivity index (χ0) is 33.4. The molecule has 8 nitrogen and oxygen atoms in total. The topological polar surface area (TPSA) is 141 Å². The predicted octanol–water partition coefficient (Wildman–Crippen LogP) is 5.90. The number of halogens is 7. The standard InChI is InChI=1S/C14H10F3NO2.C7H6BF3O2.C7H6ClNO2/c1-8-6-9(13(19)20)7-12(18-8)10-4-2-3-5-11(10)14(15,16)17;9-7(10,11)5-3-1-2-4-6(5)8(12)13;1-4-2-5(7(10)11)3-6(8)9-4/h2-7H,1H3,(H,19,20);1-4,12-13H;2-3H,1H3,(H,10,11). The van der Waals surface area contributed by atoms with Crippen LogP contribution < -0.4 is 5.46 Å². The van der Waals surface area contributed by atoms with Crippen LogP contribution in [0.3, 0.4) is 0 Å². The fourth-order valence-electron chi connectivity index (χ4n) is 3.62. The molecule has 4 rings (SSSR count). The van der Waals surface area contributed by atoms with E-state index in [9.17, 15) is 35.9 Å². The molecule has 0 bridgehead atoms. The Balaban J connectivity index is 0.000000244. The molecule has 4 N–H and O–H groups in total. The van der Waals surface area contributed by atoms with Crippen LogP contribution in [0.15, 0.2) is 72.8 Å². The molecule has 0 spiro atoms. The molecule has 16 heteroatoms. The van der Waals surface area contributed by atoms with Crippen molar-refractivity contribution in [3.05, 3.63) is 112 Å². The van der Waals surface area contributed by atoms with Gasteiger partial charge in [0.2, 0.25) is 0 Å². The van der Waals surface area contributed by atoms with Gasteiger partial charge >= 0.3 is 31.4 Å². The average Bonchev–Trinajstić information content (AvgIpc) is 2.92. The van der Waals surface area contributed by atoms with Crippen molar-refractivity contribution in [3.63, 3.8) is 0 Å². The van der Waals surface area contributed by atoms with Gasteiger partial charge in [-0.05, 0) is 49.6 Å². The molecule has 0 atom stereocenters. The number of benzene rings is 2. The molecular weight excluding hydrogens is 621 g/mol. The number of aryl methyl sites for hydroxylation is 2. The molecule has 0 aliphatic heterocycles. The van der Waals surface area contributed by atoms with Crippen molar-refractivity contribution in [1.82, 2.24) is 9.97 Å². The summed E-state index contributed by atoms with van der Waals surface area (Å²) in [7, 11) is -2.10. The maximum Gasteiger partial charge on any atom is 0.489 e. The van der Waals surface area contributed by atoms with E-state index in [0.717, 1.165) is 24.3 Å². The first-order valence-corrected chi connectivity index (χ1v) is 12.5. The Morgan fingerprint density at radius 3 is 1.61 bits per heavy atom. The Kier molecular flexibility index (Phi) is 12.0. The van der Waals surface area contributed by atoms with Gasteiger partial charge in [0.15, 0.2) is 0 Å². The van der Waals surface area contributed by atoms with E-state index >= 15 is 0 Å². The minimum atomic E-state index is -4.56. The molecule has 232 valence electrons. The molecule has 0 radical (unpaired) electrons. The number of carbonyl (C=O) groups is 2. The third-order valence-corrected chi connectivity index (χ3v) is 5.62. The second kappa shape index (κ2) is 14.8. The highest BCUT2D eigenvalue weighted by molar-refractivity contribution is 6.59. The van der Waals surface area contributed by atoms with E-state index in [-0.39, 0.29) is 27.5 Å². The molecule has 2 heterocycles. The number of hydrogen-bond acceptors (Lipinski definition) is 6. The normalized spacial score (nSPS) is 11.0. The van der Waals surface area contributed by atoms with Crippen LogP contribution >= 0.6 is 11.6 Å². The van der Waals surface area contributed by atoms with Crippen molar-refractivity contribution in [2.75, 3.05) is 0 Å². The van der Waals surface area contributed by atoms with Gasteiger partial charge < -0.3 is 20.3 Å². The Morgan fingerprint density at radius 1 is 0.705 bits per heavy atom. The van der Waals surface area contributed by atoms with Crippen LogP contribution in [-0.4, -0.2) is 49.3 Å². The maximum atomic E-state index is 12.9. The molecule has 0 aliphatic carbocycles. The minimum absolute atomic E-state index is 0.00433. The van der Waals surface area contributed by atoms with Crippen molar-refractivity contribution in [1.29, 1.82) is 0 Å². The third kappa shape index (κ3) is 10.4. The molecule has 2 aromatic heterocycles. The number of carboxylic acids is 2. The number of pyridine rings is 2. The number of hydrogen-bond donors (Lipinski definition) is 4. The lowest BCUT2D eigenvalue weighted by Crippen LogP contribution is -2.35. The van der Waals surface area contributed by atoms with Gasteiger partial charge in [-0.3, -0.25) is 4.98 Å². The number of rotatable bonds is 4. The summed E-state index contributed by atoms with van der Waals surface area (Å²) in [5.74, 6) is -2.20. The van der Waals surface area contributed by atoms with E-state index in [1.165, 1.54) is 55.5 Å². The van der Waals surface area contributed by atoms with E-state index in [2.05, 4.69) is 9.97 Å². The lowest BCUT2D eigenvalue weighted by Gasteiger charge is -2.13. The molecule has 4 aromatic rings. The van der Waals surface area contributed by atoms with Crippen LogP contribution in [0, 0.1) is 13.8 Å². The van der Waals surface area contributed by atoms with Gasteiger partial charge in [0.1, 0.15) is 5.15 Å². The number of carboxylic acid groups (broad SMARTS) is 2. The first-order valence-electron chi connectivity index (χ1n) is 12.1. The average molecular weight is 643 g/mol. The van der Waals surface area contributed by atoms with Gasteiger partial charge in [-0.15, -0.1) is 0 Å². The van der Waals surface area contributed by atoms with E-state index in [0.29, 0.717) is 11.4 Å². The van der Waals surface area contributed by atoms with Crippen LogP contribution in [0.2, 0.25) is 5.15 Å². The monoisotopic (exact) mass is 642 g/mol. The van der Waals surface area contributed by atoms with E-state index in [1.807, 2.05) is 0 Å². The van der Waals surface area contributed by atoms with Gasteiger partial charge in [0.25, 0.3) is 0 Å². The van der Waals surface area contributed by atoms with Crippen molar-refractivity contribution < 1.29 is 56.2 Å². The van der Waals surface area contributed by atoms with Crippen LogP contribution in [0.5, 0.6) is 0 Å². The number of aromatic carboxylic acids is 2. The molecule has 2 aromatic carbocycles. The summed E-state index contributed by atoms with van der Waals surface area (Å²) in [5.41, 5.74) is -1.50. The van der Waals surface area contributed by atoms with Crippen molar-refractivity contribution in [3.8, 4) is 11.3 Å². The molecular formula is C28H22BClF6N2O6. The Labute approximate surface area is 251 Å². The SMILES string of the molecule is Cc1cc(C(=O)O)cc(-c2ccccc2C(F)(F)F)n1.Cc1cc(C(=O)O)cc(Cl)n1.OB(O)c1ccccc1C(F)(F)F. The molecule has 0 amide bonds. The largest absolute Gasteiger partial charge is 0.489 e. The van der Waals surface area contributed by atoms with Gasteiger partial charge in [-0.25, -0.2) is 14.6 Å². The fourth-order valence-corrected chi connectivity index (χ4v) is 3.87. The quantitative estimate of drug-likeness (QED) is 0.123. The van der Waals surface area contributed by atoms with Crippen molar-refractivity contribution in [2.45, 2.75) is 26.2 Å². The van der Waals surface area contributed by atoms with E-state index < -0.39 is 48.0 Å². The second-order valence-electron chi connectivity index (χ2n) is 8.81. The predicted molar refractivity (Wildman–Crippen MR) is 149 cm³/mol. The molecule has 0 saturated heterocycles. The summed E-state index contributed by atoms with van der Waals surface area (Å²) < 4.78 is 75.4. The second-order valence-corrected chi connectivity index (χ2v) is 9.20. The summed E-state index contributed by atoms with van der Waals surface area (Å²) in [4.78, 5) is 29.2. The highest BCUT2D eigenvalue weighted by Gasteiger charge is 2.36. The van der Waals surface area contributed by atoms with Crippen LogP contribution in [0.1, 0.15) is 43.2 Å². The number of nitrogens with zero attached hydrogens (tertiary/aromatic N) is 2. The van der Waals surface area contributed by atoms with Crippen molar-refractivity contribution >= 4 is 36.1 Å². The smallest absolute Gasteiger partial charge is 0.478 e. The summed E-state index contributed by atoms with van der Waals surface area (Å²) in [6.45, 7) is 3.23. The first-order chi connectivity index (χ1) is 20.3. The van der Waals surface area contributed by atoms with Gasteiger partial charge in [-0.1, -0.05) is 54.1 Å². The Bertz CT molecular complexity index is 1610. The highest BCUT2D eigenvalue weighted by Crippen LogP contribution is 2.36. The summed E-state index contributed by atoms with van der Waals surface area (Å²) >= 11 is 5.52. The zero-order valence-electron chi connectivity index (χ0n) is 22.7. The Hall–Kier alpha value is -4.47. The van der Waals surface area contributed by atoms with Gasteiger partial charge in [0.05, 0.1) is 27.9 Å². The van der Waals surface area contributed by atoms with Crippen molar-refractivity contribution in [2.24, 2.45) is 0 Å². The van der Waals surface area contributed by atoms with Crippen LogP contribution in [0.4, 0.5) is 26.3 Å². The van der Waals surface area contributed by atoms with Crippen LogP contribution in [-0.2, 0) is 12.4 Å². The fraction of sp³-hybridized carbons (Fsp3) is 0.143. The first kappa shape index (κ1) is 35.7. The molecule has 44 heavy (non-hydrogen) atoms.